The van der Waals surface area contributed by atoms with Gasteiger partial charge in [-0.25, -0.2) is 0 Å². The molecule has 0 saturated carbocycles. The highest BCUT2D eigenvalue weighted by atomic mass is 35.5. The van der Waals surface area contributed by atoms with E-state index >= 15 is 0 Å². The predicted octanol–water partition coefficient (Wildman–Crippen LogP) is 4.60. The van der Waals surface area contributed by atoms with Crippen LogP contribution in [0.15, 0.2) is 53.1 Å². The van der Waals surface area contributed by atoms with Gasteiger partial charge in [0, 0.05) is 17.1 Å². The Morgan fingerprint density at radius 1 is 1.26 bits per heavy atom. The number of likely N-dealkylation sites (tertiary alicyclic amines) is 1. The first-order chi connectivity index (χ1) is 13.1. The Balaban J connectivity index is 1.52. The van der Waals surface area contributed by atoms with Gasteiger partial charge in [-0.15, -0.1) is 0 Å². The average molecular weight is 382 g/mol. The standard InChI is InChI=1S/C21H20ClN3O2/c1-14-5-2-7-16(11-14)20-23-21(27-24-20)18-9-4-10-25(18)19(26)13-15-6-3-8-17(22)12-15/h2-3,5-8,11-12,18H,4,9-10,13H2,1H3. The second-order valence-corrected chi connectivity index (χ2v) is 7.31. The summed E-state index contributed by atoms with van der Waals surface area (Å²) >= 11 is 6.03. The van der Waals surface area contributed by atoms with Crippen molar-refractivity contribution in [3.8, 4) is 11.4 Å². The summed E-state index contributed by atoms with van der Waals surface area (Å²) in [6.07, 6.45) is 2.07. The number of nitrogens with zero attached hydrogens (tertiary/aromatic N) is 3. The summed E-state index contributed by atoms with van der Waals surface area (Å²) in [5.41, 5.74) is 2.96. The van der Waals surface area contributed by atoms with E-state index in [1.54, 1.807) is 6.07 Å². The number of aryl methyl sites for hydroxylation is 1. The summed E-state index contributed by atoms with van der Waals surface area (Å²) in [6, 6.07) is 15.2. The monoisotopic (exact) mass is 381 g/mol. The third kappa shape index (κ3) is 3.88. The summed E-state index contributed by atoms with van der Waals surface area (Å²) < 4.78 is 5.52. The molecule has 1 saturated heterocycles. The first kappa shape index (κ1) is 17.7. The van der Waals surface area contributed by atoms with Gasteiger partial charge >= 0.3 is 0 Å². The molecule has 1 atom stereocenters. The Hall–Kier alpha value is -2.66. The molecule has 4 rings (SSSR count). The number of amides is 1. The number of hydrogen-bond acceptors (Lipinski definition) is 4. The highest BCUT2D eigenvalue weighted by Crippen LogP contribution is 2.32. The van der Waals surface area contributed by atoms with Crippen molar-refractivity contribution in [2.75, 3.05) is 6.54 Å². The molecule has 138 valence electrons. The molecular formula is C21H20ClN3O2. The maximum atomic E-state index is 12.8. The van der Waals surface area contributed by atoms with Gasteiger partial charge < -0.3 is 9.42 Å². The largest absolute Gasteiger partial charge is 0.337 e. The Bertz CT molecular complexity index is 969. The van der Waals surface area contributed by atoms with Crippen molar-refractivity contribution in [2.24, 2.45) is 0 Å². The van der Waals surface area contributed by atoms with Crippen molar-refractivity contribution in [3.05, 3.63) is 70.6 Å². The normalized spacial score (nSPS) is 16.7. The zero-order chi connectivity index (χ0) is 18.8. The lowest BCUT2D eigenvalue weighted by Gasteiger charge is -2.22. The second kappa shape index (κ2) is 7.53. The van der Waals surface area contributed by atoms with Crippen LogP contribution in [-0.4, -0.2) is 27.5 Å². The van der Waals surface area contributed by atoms with Crippen LogP contribution in [0.4, 0.5) is 0 Å². The second-order valence-electron chi connectivity index (χ2n) is 6.88. The zero-order valence-corrected chi connectivity index (χ0v) is 15.8. The molecule has 1 aliphatic heterocycles. The maximum absolute atomic E-state index is 12.8. The third-order valence-electron chi connectivity index (χ3n) is 4.82. The van der Waals surface area contributed by atoms with Crippen LogP contribution in [0.1, 0.15) is 35.9 Å². The Morgan fingerprint density at radius 2 is 2.11 bits per heavy atom. The van der Waals surface area contributed by atoms with Gasteiger partial charge in [0.25, 0.3) is 0 Å². The zero-order valence-electron chi connectivity index (χ0n) is 15.1. The van der Waals surface area contributed by atoms with Gasteiger partial charge in [0.1, 0.15) is 6.04 Å². The van der Waals surface area contributed by atoms with E-state index < -0.39 is 0 Å². The van der Waals surface area contributed by atoms with Gasteiger partial charge in [-0.05, 0) is 43.5 Å². The van der Waals surface area contributed by atoms with E-state index in [1.807, 2.05) is 54.3 Å². The fourth-order valence-corrected chi connectivity index (χ4v) is 3.73. The number of hydrogen-bond donors (Lipinski definition) is 0. The topological polar surface area (TPSA) is 59.2 Å². The first-order valence-corrected chi connectivity index (χ1v) is 9.42. The van der Waals surface area contributed by atoms with Gasteiger partial charge in [-0.1, -0.05) is 52.7 Å². The Kier molecular flexibility index (Phi) is 4.94. The molecule has 1 aliphatic rings. The fourth-order valence-electron chi connectivity index (χ4n) is 3.52. The Morgan fingerprint density at radius 3 is 2.93 bits per heavy atom. The molecule has 2 heterocycles. The molecule has 1 amide bonds. The van der Waals surface area contributed by atoms with Gasteiger partial charge in [0.2, 0.25) is 17.6 Å². The van der Waals surface area contributed by atoms with E-state index in [9.17, 15) is 4.79 Å². The average Bonchev–Trinajstić information content (AvgIpc) is 3.31. The molecule has 5 nitrogen and oxygen atoms in total. The minimum atomic E-state index is -0.164. The van der Waals surface area contributed by atoms with E-state index in [0.29, 0.717) is 29.7 Å². The van der Waals surface area contributed by atoms with E-state index in [2.05, 4.69) is 10.1 Å². The van der Waals surface area contributed by atoms with Crippen molar-refractivity contribution in [3.63, 3.8) is 0 Å². The van der Waals surface area contributed by atoms with Crippen LogP contribution in [0.5, 0.6) is 0 Å². The van der Waals surface area contributed by atoms with Crippen LogP contribution in [0, 0.1) is 6.92 Å². The van der Waals surface area contributed by atoms with Crippen LogP contribution in [0.2, 0.25) is 5.02 Å². The van der Waals surface area contributed by atoms with E-state index in [4.69, 9.17) is 16.1 Å². The highest BCUT2D eigenvalue weighted by molar-refractivity contribution is 6.30. The summed E-state index contributed by atoms with van der Waals surface area (Å²) in [4.78, 5) is 19.2. The molecule has 0 bridgehead atoms. The molecule has 0 N–H and O–H groups in total. The number of benzene rings is 2. The number of aromatic nitrogens is 2. The molecule has 3 aromatic rings. The van der Waals surface area contributed by atoms with Crippen LogP contribution in [0.25, 0.3) is 11.4 Å². The molecule has 27 heavy (non-hydrogen) atoms. The van der Waals surface area contributed by atoms with E-state index in [0.717, 1.165) is 29.5 Å². The van der Waals surface area contributed by atoms with E-state index in [1.165, 1.54) is 0 Å². The number of halogens is 1. The molecule has 6 heteroatoms. The predicted molar refractivity (Wildman–Crippen MR) is 103 cm³/mol. The van der Waals surface area contributed by atoms with Gasteiger partial charge in [0.05, 0.1) is 6.42 Å². The molecule has 2 aromatic carbocycles. The third-order valence-corrected chi connectivity index (χ3v) is 5.06. The smallest absolute Gasteiger partial charge is 0.249 e. The van der Waals surface area contributed by atoms with Crippen molar-refractivity contribution >= 4 is 17.5 Å². The summed E-state index contributed by atoms with van der Waals surface area (Å²) in [5, 5.41) is 4.76. The molecule has 1 aromatic heterocycles. The van der Waals surface area contributed by atoms with Crippen molar-refractivity contribution < 1.29 is 9.32 Å². The summed E-state index contributed by atoms with van der Waals surface area (Å²) in [7, 11) is 0. The molecular weight excluding hydrogens is 362 g/mol. The molecule has 0 aliphatic carbocycles. The van der Waals surface area contributed by atoms with Gasteiger partial charge in [0.15, 0.2) is 0 Å². The molecule has 1 fully saturated rings. The van der Waals surface area contributed by atoms with Crippen molar-refractivity contribution in [1.29, 1.82) is 0 Å². The minimum Gasteiger partial charge on any atom is -0.337 e. The lowest BCUT2D eigenvalue weighted by Crippen LogP contribution is -2.32. The molecule has 0 radical (unpaired) electrons. The van der Waals surface area contributed by atoms with Crippen LogP contribution in [-0.2, 0) is 11.2 Å². The summed E-state index contributed by atoms with van der Waals surface area (Å²) in [5.74, 6) is 1.11. The number of rotatable bonds is 4. The van der Waals surface area contributed by atoms with Crippen LogP contribution in [0.3, 0.4) is 0 Å². The van der Waals surface area contributed by atoms with Crippen molar-refractivity contribution in [2.45, 2.75) is 32.2 Å². The minimum absolute atomic E-state index is 0.0510. The number of carbonyl (C=O) groups excluding carboxylic acids is 1. The van der Waals surface area contributed by atoms with Crippen molar-refractivity contribution in [1.82, 2.24) is 15.0 Å². The Labute approximate surface area is 163 Å². The summed E-state index contributed by atoms with van der Waals surface area (Å²) in [6.45, 7) is 2.73. The van der Waals surface area contributed by atoms with E-state index in [-0.39, 0.29) is 11.9 Å². The van der Waals surface area contributed by atoms with Gasteiger partial charge in [-0.3, -0.25) is 4.79 Å². The van der Waals surface area contributed by atoms with Crippen LogP contribution < -0.4 is 0 Å². The lowest BCUT2D eigenvalue weighted by atomic mass is 10.1. The quantitative estimate of drug-likeness (QED) is 0.662. The van der Waals surface area contributed by atoms with Crippen LogP contribution >= 0.6 is 11.6 Å². The fraction of sp³-hybridized carbons (Fsp3) is 0.286. The first-order valence-electron chi connectivity index (χ1n) is 9.05. The SMILES string of the molecule is Cc1cccc(-c2noc(C3CCCN3C(=O)Cc3cccc(Cl)c3)n2)c1. The molecule has 0 spiro atoms. The maximum Gasteiger partial charge on any atom is 0.249 e. The number of carbonyl (C=O) groups is 1. The highest BCUT2D eigenvalue weighted by Gasteiger charge is 2.34. The van der Waals surface area contributed by atoms with Gasteiger partial charge in [-0.2, -0.15) is 4.98 Å². The lowest BCUT2D eigenvalue weighted by molar-refractivity contribution is -0.131. The molecule has 1 unspecified atom stereocenters.